The van der Waals surface area contributed by atoms with Gasteiger partial charge in [-0.2, -0.15) is 0 Å². The molecule has 2 atom stereocenters. The van der Waals surface area contributed by atoms with Gasteiger partial charge in [0.15, 0.2) is 0 Å². The van der Waals surface area contributed by atoms with E-state index in [9.17, 15) is 4.79 Å². The molecule has 2 aliphatic rings. The maximum absolute atomic E-state index is 12.8. The third kappa shape index (κ3) is 3.89. The number of rotatable bonds is 3. The maximum atomic E-state index is 12.8. The summed E-state index contributed by atoms with van der Waals surface area (Å²) in [6.45, 7) is 8.02. The highest BCUT2D eigenvalue weighted by Gasteiger charge is 2.42. The van der Waals surface area contributed by atoms with E-state index in [0.717, 1.165) is 37.9 Å². The fourth-order valence-corrected chi connectivity index (χ4v) is 4.23. The Morgan fingerprint density at radius 1 is 1.12 bits per heavy atom. The highest BCUT2D eigenvalue weighted by atomic mass is 16.6. The zero-order valence-electron chi connectivity index (χ0n) is 16.7. The average molecular weight is 357 g/mol. The van der Waals surface area contributed by atoms with Crippen molar-refractivity contribution in [2.45, 2.75) is 77.5 Å². The van der Waals surface area contributed by atoms with Crippen molar-refractivity contribution in [1.29, 1.82) is 0 Å². The van der Waals surface area contributed by atoms with E-state index in [1.807, 2.05) is 37.8 Å². The van der Waals surface area contributed by atoms with E-state index in [4.69, 9.17) is 9.47 Å². The highest BCUT2D eigenvalue weighted by molar-refractivity contribution is 5.74. The summed E-state index contributed by atoms with van der Waals surface area (Å²) in [4.78, 5) is 14.8. The first-order valence-electron chi connectivity index (χ1n) is 9.69. The number of hydrogen-bond acceptors (Lipinski definition) is 3. The summed E-state index contributed by atoms with van der Waals surface area (Å²) < 4.78 is 11.0. The minimum absolute atomic E-state index is 0.156. The third-order valence-electron chi connectivity index (χ3n) is 5.44. The molecule has 2 heterocycles. The van der Waals surface area contributed by atoms with Crippen molar-refractivity contribution in [3.05, 3.63) is 35.4 Å². The van der Waals surface area contributed by atoms with Crippen LogP contribution in [0.25, 0.3) is 5.57 Å². The third-order valence-corrected chi connectivity index (χ3v) is 5.44. The fraction of sp³-hybridized carbons (Fsp3) is 0.591. The van der Waals surface area contributed by atoms with Crippen LogP contribution in [0, 0.1) is 0 Å². The van der Waals surface area contributed by atoms with E-state index in [-0.39, 0.29) is 18.2 Å². The Morgan fingerprint density at radius 3 is 2.27 bits per heavy atom. The summed E-state index contributed by atoms with van der Waals surface area (Å²) in [5.74, 6) is 0.873. The zero-order chi connectivity index (χ0) is 18.9. The maximum Gasteiger partial charge on any atom is 0.410 e. The van der Waals surface area contributed by atoms with Gasteiger partial charge in [-0.25, -0.2) is 4.79 Å². The largest absolute Gasteiger partial charge is 0.497 e. The normalized spacial score (nSPS) is 23.0. The van der Waals surface area contributed by atoms with Gasteiger partial charge in [0, 0.05) is 12.1 Å². The van der Waals surface area contributed by atoms with Gasteiger partial charge >= 0.3 is 6.09 Å². The van der Waals surface area contributed by atoms with E-state index in [0.29, 0.717) is 0 Å². The van der Waals surface area contributed by atoms with Crippen LogP contribution in [0.5, 0.6) is 5.75 Å². The molecule has 0 saturated carbocycles. The van der Waals surface area contributed by atoms with Crippen molar-refractivity contribution >= 4 is 11.7 Å². The number of carbonyl (C=O) groups excluding carboxylic acids is 1. The molecule has 4 heteroatoms. The van der Waals surface area contributed by atoms with E-state index < -0.39 is 5.60 Å². The van der Waals surface area contributed by atoms with E-state index >= 15 is 0 Å². The van der Waals surface area contributed by atoms with Crippen LogP contribution in [0.15, 0.2) is 29.8 Å². The first kappa shape index (κ1) is 18.8. The van der Waals surface area contributed by atoms with Crippen LogP contribution in [0.3, 0.4) is 0 Å². The topological polar surface area (TPSA) is 38.8 Å². The quantitative estimate of drug-likeness (QED) is 0.725. The Morgan fingerprint density at radius 2 is 1.73 bits per heavy atom. The number of benzene rings is 1. The van der Waals surface area contributed by atoms with Crippen LogP contribution in [-0.2, 0) is 4.74 Å². The Kier molecular flexibility index (Phi) is 5.31. The van der Waals surface area contributed by atoms with Crippen molar-refractivity contribution < 1.29 is 14.3 Å². The molecule has 0 spiro atoms. The van der Waals surface area contributed by atoms with Gasteiger partial charge in [-0.15, -0.1) is 0 Å². The molecule has 1 aromatic rings. The number of nitrogens with zero attached hydrogens (tertiary/aromatic N) is 1. The monoisotopic (exact) mass is 357 g/mol. The van der Waals surface area contributed by atoms with Crippen LogP contribution >= 0.6 is 0 Å². The first-order chi connectivity index (χ1) is 12.3. The van der Waals surface area contributed by atoms with Gasteiger partial charge in [0.2, 0.25) is 0 Å². The summed E-state index contributed by atoms with van der Waals surface area (Å²) in [5, 5.41) is 0. The predicted octanol–water partition coefficient (Wildman–Crippen LogP) is 5.42. The molecule has 4 nitrogen and oxygen atoms in total. The van der Waals surface area contributed by atoms with Gasteiger partial charge < -0.3 is 14.4 Å². The second-order valence-corrected chi connectivity index (χ2v) is 8.35. The number of carbonyl (C=O) groups is 1. The summed E-state index contributed by atoms with van der Waals surface area (Å²) >= 11 is 0. The number of ether oxygens (including phenoxy) is 2. The Hall–Kier alpha value is -1.97. The van der Waals surface area contributed by atoms with Crippen LogP contribution in [0.1, 0.15) is 65.4 Å². The molecule has 1 fully saturated rings. The minimum atomic E-state index is -0.456. The summed E-state index contributed by atoms with van der Waals surface area (Å²) in [5.41, 5.74) is 3.66. The van der Waals surface area contributed by atoms with Crippen LogP contribution < -0.4 is 4.74 Å². The van der Waals surface area contributed by atoms with Gasteiger partial charge in [0.25, 0.3) is 0 Å². The average Bonchev–Trinajstić information content (AvgIpc) is 2.89. The molecule has 0 radical (unpaired) electrons. The molecule has 3 rings (SSSR count). The lowest BCUT2D eigenvalue weighted by Gasteiger charge is -2.31. The summed E-state index contributed by atoms with van der Waals surface area (Å²) in [6, 6.07) is 8.81. The SMILES string of the molecule is CCC1=C(c2ccc(OC)cc2)CC2CCC(C1)N2C(=O)OC(C)(C)C. The van der Waals surface area contributed by atoms with Gasteiger partial charge in [-0.1, -0.05) is 24.6 Å². The molecule has 1 aromatic carbocycles. The predicted molar refractivity (Wildman–Crippen MR) is 104 cm³/mol. The Bertz CT molecular complexity index is 684. The highest BCUT2D eigenvalue weighted by Crippen LogP contribution is 2.42. The molecule has 0 N–H and O–H groups in total. The summed E-state index contributed by atoms with van der Waals surface area (Å²) in [6.07, 6.45) is 4.85. The number of hydrogen-bond donors (Lipinski definition) is 0. The van der Waals surface area contributed by atoms with Crippen molar-refractivity contribution in [2.24, 2.45) is 0 Å². The van der Waals surface area contributed by atoms with Crippen LogP contribution in [0.2, 0.25) is 0 Å². The van der Waals surface area contributed by atoms with Crippen molar-refractivity contribution in [1.82, 2.24) is 4.90 Å². The fourth-order valence-electron chi connectivity index (χ4n) is 4.23. The lowest BCUT2D eigenvalue weighted by molar-refractivity contribution is 0.0156. The Balaban J connectivity index is 1.88. The number of amides is 1. The molecule has 1 saturated heterocycles. The van der Waals surface area contributed by atoms with Gasteiger partial charge in [-0.05, 0) is 76.1 Å². The van der Waals surface area contributed by atoms with Crippen molar-refractivity contribution in [3.63, 3.8) is 0 Å². The van der Waals surface area contributed by atoms with Crippen LogP contribution in [0.4, 0.5) is 4.79 Å². The molecular weight excluding hydrogens is 326 g/mol. The first-order valence-corrected chi connectivity index (χ1v) is 9.69. The lowest BCUT2D eigenvalue weighted by atomic mass is 9.88. The number of methoxy groups -OCH3 is 1. The van der Waals surface area contributed by atoms with Crippen molar-refractivity contribution in [2.75, 3.05) is 7.11 Å². The smallest absolute Gasteiger partial charge is 0.410 e. The van der Waals surface area contributed by atoms with E-state index in [1.165, 1.54) is 16.7 Å². The minimum Gasteiger partial charge on any atom is -0.497 e. The summed E-state index contributed by atoms with van der Waals surface area (Å²) in [7, 11) is 1.69. The van der Waals surface area contributed by atoms with E-state index in [1.54, 1.807) is 7.11 Å². The molecule has 26 heavy (non-hydrogen) atoms. The van der Waals surface area contributed by atoms with Gasteiger partial charge in [0.1, 0.15) is 11.4 Å². The second kappa shape index (κ2) is 7.34. The molecule has 2 unspecified atom stereocenters. The molecule has 2 bridgehead atoms. The Labute approximate surface area is 157 Å². The molecule has 0 aliphatic carbocycles. The standard InChI is InChI=1S/C22H31NO3/c1-6-15-13-17-9-10-18(23(17)21(24)26-22(2,3)4)14-20(15)16-7-11-19(25-5)12-8-16/h7-8,11-12,17-18H,6,9-10,13-14H2,1-5H3. The molecule has 0 aromatic heterocycles. The molecular formula is C22H31NO3. The van der Waals surface area contributed by atoms with Gasteiger partial charge in [-0.3, -0.25) is 0 Å². The van der Waals surface area contributed by atoms with Gasteiger partial charge in [0.05, 0.1) is 7.11 Å². The van der Waals surface area contributed by atoms with Crippen molar-refractivity contribution in [3.8, 4) is 5.75 Å². The zero-order valence-corrected chi connectivity index (χ0v) is 16.7. The molecule has 1 amide bonds. The number of fused-ring (bicyclic) bond motifs is 2. The second-order valence-electron chi connectivity index (χ2n) is 8.35. The lowest BCUT2D eigenvalue weighted by Crippen LogP contribution is -2.43. The molecule has 142 valence electrons. The molecule has 2 aliphatic heterocycles. The van der Waals surface area contributed by atoms with Crippen LogP contribution in [-0.4, -0.2) is 35.8 Å². The van der Waals surface area contributed by atoms with E-state index in [2.05, 4.69) is 19.1 Å².